The van der Waals surface area contributed by atoms with E-state index in [0.29, 0.717) is 11.3 Å². The minimum Gasteiger partial charge on any atom is -0.398 e. The highest BCUT2D eigenvalue weighted by atomic mass is 19.1. The van der Waals surface area contributed by atoms with Crippen LogP contribution in [0.2, 0.25) is 0 Å². The van der Waals surface area contributed by atoms with Crippen LogP contribution < -0.4 is 5.73 Å². The maximum atomic E-state index is 13.6. The Balaban J connectivity index is 2.69. The van der Waals surface area contributed by atoms with Gasteiger partial charge in [0.1, 0.15) is 5.82 Å². The van der Waals surface area contributed by atoms with Crippen LogP contribution in [0.5, 0.6) is 0 Å². The molecule has 0 unspecified atom stereocenters. The smallest absolute Gasteiger partial charge is 0.133 e. The molecule has 0 saturated heterocycles. The quantitative estimate of drug-likeness (QED) is 0.703. The highest BCUT2D eigenvalue weighted by Crippen LogP contribution is 2.30. The molecule has 0 spiro atoms. The van der Waals surface area contributed by atoms with Gasteiger partial charge in [-0.3, -0.25) is 0 Å². The van der Waals surface area contributed by atoms with Gasteiger partial charge in [0.25, 0.3) is 0 Å². The van der Waals surface area contributed by atoms with Crippen LogP contribution in [0.4, 0.5) is 10.1 Å². The lowest BCUT2D eigenvalue weighted by Crippen LogP contribution is -1.94. The third-order valence-electron chi connectivity index (χ3n) is 2.46. The summed E-state index contributed by atoms with van der Waals surface area (Å²) in [4.78, 5) is 0. The number of aryl methyl sites for hydroxylation is 1. The van der Waals surface area contributed by atoms with Crippen LogP contribution in [0.25, 0.3) is 11.1 Å². The zero-order chi connectivity index (χ0) is 10.8. The molecule has 0 fully saturated rings. The van der Waals surface area contributed by atoms with Crippen LogP contribution >= 0.6 is 0 Å². The summed E-state index contributed by atoms with van der Waals surface area (Å²) < 4.78 is 13.6. The van der Waals surface area contributed by atoms with Gasteiger partial charge in [-0.05, 0) is 30.2 Å². The highest BCUT2D eigenvalue weighted by Gasteiger charge is 2.09. The maximum Gasteiger partial charge on any atom is 0.133 e. The second-order valence-corrected chi connectivity index (χ2v) is 3.52. The van der Waals surface area contributed by atoms with Crippen molar-refractivity contribution in [2.75, 3.05) is 5.73 Å². The molecule has 15 heavy (non-hydrogen) atoms. The van der Waals surface area contributed by atoms with Crippen LogP contribution in [0.3, 0.4) is 0 Å². The van der Waals surface area contributed by atoms with Crippen molar-refractivity contribution in [2.24, 2.45) is 0 Å². The molecule has 2 aromatic rings. The summed E-state index contributed by atoms with van der Waals surface area (Å²) in [5, 5.41) is 0. The van der Waals surface area contributed by atoms with E-state index in [1.807, 2.05) is 31.2 Å². The van der Waals surface area contributed by atoms with Crippen molar-refractivity contribution in [1.29, 1.82) is 0 Å². The molecule has 0 saturated carbocycles. The predicted molar refractivity (Wildman–Crippen MR) is 61.0 cm³/mol. The lowest BCUT2D eigenvalue weighted by molar-refractivity contribution is 0.632. The molecule has 2 rings (SSSR count). The van der Waals surface area contributed by atoms with Gasteiger partial charge in [-0.2, -0.15) is 0 Å². The van der Waals surface area contributed by atoms with E-state index >= 15 is 0 Å². The Kier molecular flexibility index (Phi) is 2.42. The maximum absolute atomic E-state index is 13.6. The Morgan fingerprint density at radius 3 is 2.40 bits per heavy atom. The van der Waals surface area contributed by atoms with E-state index in [1.165, 1.54) is 6.07 Å². The van der Waals surface area contributed by atoms with Crippen LogP contribution in [-0.4, -0.2) is 0 Å². The molecule has 0 aliphatic rings. The van der Waals surface area contributed by atoms with Crippen molar-refractivity contribution >= 4 is 5.69 Å². The van der Waals surface area contributed by atoms with E-state index in [1.54, 1.807) is 12.1 Å². The topological polar surface area (TPSA) is 26.0 Å². The van der Waals surface area contributed by atoms with Gasteiger partial charge in [-0.15, -0.1) is 0 Å². The third kappa shape index (κ3) is 1.71. The van der Waals surface area contributed by atoms with Crippen LogP contribution in [0.1, 0.15) is 5.56 Å². The van der Waals surface area contributed by atoms with E-state index in [2.05, 4.69) is 0 Å². The summed E-state index contributed by atoms with van der Waals surface area (Å²) in [6.07, 6.45) is 0. The van der Waals surface area contributed by atoms with Crippen molar-refractivity contribution in [3.8, 4) is 11.1 Å². The van der Waals surface area contributed by atoms with Crippen LogP contribution in [0.15, 0.2) is 42.5 Å². The molecule has 0 atom stereocenters. The van der Waals surface area contributed by atoms with Gasteiger partial charge in [0.2, 0.25) is 0 Å². The Morgan fingerprint density at radius 2 is 1.73 bits per heavy atom. The van der Waals surface area contributed by atoms with Crippen molar-refractivity contribution in [3.63, 3.8) is 0 Å². The number of nitrogens with two attached hydrogens (primary N) is 1. The average molecular weight is 201 g/mol. The Labute approximate surface area is 88.4 Å². The first kappa shape index (κ1) is 9.71. The Morgan fingerprint density at radius 1 is 1.00 bits per heavy atom. The molecule has 76 valence electrons. The third-order valence-corrected chi connectivity index (χ3v) is 2.46. The number of rotatable bonds is 1. The van der Waals surface area contributed by atoms with Crippen LogP contribution in [0, 0.1) is 12.7 Å². The minimum atomic E-state index is -0.274. The van der Waals surface area contributed by atoms with E-state index in [0.717, 1.165) is 11.1 Å². The summed E-state index contributed by atoms with van der Waals surface area (Å²) >= 11 is 0. The summed E-state index contributed by atoms with van der Waals surface area (Å²) in [6.45, 7) is 1.95. The molecule has 2 heteroatoms. The minimum absolute atomic E-state index is 0.274. The summed E-state index contributed by atoms with van der Waals surface area (Å²) in [5.41, 5.74) is 8.63. The fraction of sp³-hybridized carbons (Fsp3) is 0.0769. The first-order valence-electron chi connectivity index (χ1n) is 4.80. The van der Waals surface area contributed by atoms with Gasteiger partial charge in [-0.25, -0.2) is 4.39 Å². The first-order valence-corrected chi connectivity index (χ1v) is 4.80. The van der Waals surface area contributed by atoms with E-state index in [9.17, 15) is 4.39 Å². The normalized spacial score (nSPS) is 10.3. The molecule has 0 aliphatic carbocycles. The predicted octanol–water partition coefficient (Wildman–Crippen LogP) is 3.38. The molecule has 2 N–H and O–H groups in total. The number of benzene rings is 2. The van der Waals surface area contributed by atoms with E-state index in [-0.39, 0.29) is 5.82 Å². The first-order chi connectivity index (χ1) is 7.20. The van der Waals surface area contributed by atoms with Gasteiger partial charge in [-0.1, -0.05) is 30.3 Å². The van der Waals surface area contributed by atoms with Gasteiger partial charge in [0, 0.05) is 11.3 Å². The fourth-order valence-electron chi connectivity index (χ4n) is 1.68. The standard InChI is InChI=1S/C13H12FN/c1-9-5-2-3-6-10(9)13-11(14)7-4-8-12(13)15/h2-8H,15H2,1H3. The molecular formula is C13H12FN. The number of anilines is 1. The lowest BCUT2D eigenvalue weighted by atomic mass is 9.99. The summed E-state index contributed by atoms with van der Waals surface area (Å²) in [5.74, 6) is -0.274. The van der Waals surface area contributed by atoms with Crippen LogP contribution in [-0.2, 0) is 0 Å². The second-order valence-electron chi connectivity index (χ2n) is 3.52. The van der Waals surface area contributed by atoms with Gasteiger partial charge >= 0.3 is 0 Å². The molecular weight excluding hydrogens is 189 g/mol. The number of nitrogen functional groups attached to an aromatic ring is 1. The van der Waals surface area contributed by atoms with Gasteiger partial charge in [0.05, 0.1) is 0 Å². The van der Waals surface area contributed by atoms with Gasteiger partial charge < -0.3 is 5.73 Å². The SMILES string of the molecule is Cc1ccccc1-c1c(N)cccc1F. The summed E-state index contributed by atoms with van der Waals surface area (Å²) in [7, 11) is 0. The number of halogens is 1. The summed E-state index contributed by atoms with van der Waals surface area (Å²) in [6, 6.07) is 12.4. The van der Waals surface area contributed by atoms with Gasteiger partial charge in [0.15, 0.2) is 0 Å². The van der Waals surface area contributed by atoms with E-state index in [4.69, 9.17) is 5.73 Å². The molecule has 0 aliphatic heterocycles. The molecule has 2 aromatic carbocycles. The zero-order valence-corrected chi connectivity index (χ0v) is 8.50. The molecule has 0 aromatic heterocycles. The van der Waals surface area contributed by atoms with Crippen molar-refractivity contribution in [1.82, 2.24) is 0 Å². The molecule has 0 amide bonds. The van der Waals surface area contributed by atoms with Crippen molar-refractivity contribution in [3.05, 3.63) is 53.8 Å². The van der Waals surface area contributed by atoms with Crippen molar-refractivity contribution in [2.45, 2.75) is 6.92 Å². The monoisotopic (exact) mass is 201 g/mol. The average Bonchev–Trinajstić information content (AvgIpc) is 2.20. The lowest BCUT2D eigenvalue weighted by Gasteiger charge is -2.09. The molecule has 0 radical (unpaired) electrons. The second kappa shape index (κ2) is 3.73. The Hall–Kier alpha value is -1.83. The Bertz CT molecular complexity index is 471. The molecule has 1 nitrogen and oxygen atoms in total. The molecule has 0 bridgehead atoms. The van der Waals surface area contributed by atoms with E-state index < -0.39 is 0 Å². The largest absolute Gasteiger partial charge is 0.398 e. The number of hydrogen-bond acceptors (Lipinski definition) is 1. The zero-order valence-electron chi connectivity index (χ0n) is 8.50. The molecule has 0 heterocycles. The fourth-order valence-corrected chi connectivity index (χ4v) is 1.68. The number of hydrogen-bond donors (Lipinski definition) is 1. The highest BCUT2D eigenvalue weighted by molar-refractivity contribution is 5.78. The van der Waals surface area contributed by atoms with Crippen molar-refractivity contribution < 1.29 is 4.39 Å².